The summed E-state index contributed by atoms with van der Waals surface area (Å²) in [5.74, 6) is -3.00. The number of aliphatic carboxylic acids is 2. The summed E-state index contributed by atoms with van der Waals surface area (Å²) >= 11 is 2.34. The molecule has 0 unspecified atom stereocenters. The van der Waals surface area contributed by atoms with Crippen molar-refractivity contribution in [1.29, 1.82) is 0 Å². The number of nitrogens with one attached hydrogen (secondary N) is 4. The molecule has 0 aromatic rings. The van der Waals surface area contributed by atoms with Gasteiger partial charge in [-0.1, -0.05) is 106 Å². The van der Waals surface area contributed by atoms with Gasteiger partial charge in [-0.25, -0.2) is 4.79 Å². The van der Waals surface area contributed by atoms with Crippen LogP contribution in [0.25, 0.3) is 0 Å². The van der Waals surface area contributed by atoms with Crippen LogP contribution in [0, 0.1) is 0 Å². The van der Waals surface area contributed by atoms with E-state index in [4.69, 9.17) is 24.1 Å². The topological polar surface area (TPSA) is 228 Å². The minimum atomic E-state index is -1.18. The van der Waals surface area contributed by atoms with E-state index in [0.29, 0.717) is 32.7 Å². The lowest BCUT2D eigenvalue weighted by Crippen LogP contribution is -2.41. The van der Waals surface area contributed by atoms with E-state index in [1.54, 1.807) is 0 Å². The minimum Gasteiger partial charge on any atom is -0.481 e. The number of rotatable bonds is 43. The molecule has 0 aromatic carbocycles. The Kier molecular flexibility index (Phi) is 39.6. The van der Waals surface area contributed by atoms with Crippen molar-refractivity contribution in [2.45, 2.75) is 141 Å². The van der Waals surface area contributed by atoms with Gasteiger partial charge in [0.15, 0.2) is 0 Å². The van der Waals surface area contributed by atoms with Crippen LogP contribution in [-0.2, 0) is 47.7 Å². The number of halogens is 1. The summed E-state index contributed by atoms with van der Waals surface area (Å²) in [7, 11) is 0. The summed E-state index contributed by atoms with van der Waals surface area (Å²) in [5, 5.41) is 28.8. The molecule has 0 saturated carbocycles. The normalized spacial score (nSPS) is 11.5. The summed E-state index contributed by atoms with van der Waals surface area (Å²) < 4.78 is 22.4. The summed E-state index contributed by atoms with van der Waals surface area (Å²) in [6, 6.07) is -1.13. The fourth-order valence-corrected chi connectivity index (χ4v) is 6.13. The number of alkyl halides is 1. The molecule has 0 aliphatic heterocycles. The zero-order chi connectivity index (χ0) is 42.0. The molecule has 17 heteroatoms. The summed E-state index contributed by atoms with van der Waals surface area (Å²) in [6.45, 7) is 2.54. The van der Waals surface area contributed by atoms with Gasteiger partial charge in [0, 0.05) is 38.9 Å². The smallest absolute Gasteiger partial charge is 0.326 e. The lowest BCUT2D eigenvalue weighted by molar-refractivity contribution is -0.142. The molecule has 0 aliphatic rings. The summed E-state index contributed by atoms with van der Waals surface area (Å²) in [5.41, 5.74) is 0. The van der Waals surface area contributed by atoms with Crippen LogP contribution in [-0.4, -0.2) is 129 Å². The van der Waals surface area contributed by atoms with Gasteiger partial charge in [-0.05, 0) is 36.5 Å². The van der Waals surface area contributed by atoms with Crippen molar-refractivity contribution in [3.8, 4) is 0 Å². The molecule has 0 radical (unpaired) electrons. The maximum absolute atomic E-state index is 12.3. The monoisotopic (exact) mass is 928 g/mol. The van der Waals surface area contributed by atoms with Crippen LogP contribution in [0.3, 0.4) is 0 Å². The van der Waals surface area contributed by atoms with Crippen LogP contribution < -0.4 is 21.3 Å². The van der Waals surface area contributed by atoms with Crippen LogP contribution in [0.15, 0.2) is 0 Å². The number of carboxylic acids is 2. The standard InChI is InChI=1S/C40H73IN4O12/c41-22-16-13-17-23-42-37(48)32-56-30-29-55-27-25-44-38(49)33-57-31-28-54-26-24-43-35(46)21-20-34(40(52)53)45-36(47)18-14-11-9-7-5-3-1-2-4-6-8-10-12-15-19-39(50)51/h34H,1-33H2,(H,42,48)(H,43,46)(H,44,49)(H,45,47)(H,50,51)(H,52,53)/t34-/m0/s1. The first-order chi connectivity index (χ1) is 27.6. The van der Waals surface area contributed by atoms with Crippen molar-refractivity contribution in [3.63, 3.8) is 0 Å². The highest BCUT2D eigenvalue weighted by molar-refractivity contribution is 14.1. The Morgan fingerprint density at radius 2 is 0.860 bits per heavy atom. The Morgan fingerprint density at radius 1 is 0.439 bits per heavy atom. The molecular formula is C40H73IN4O12. The second-order valence-corrected chi connectivity index (χ2v) is 15.0. The van der Waals surface area contributed by atoms with Crippen molar-refractivity contribution in [1.82, 2.24) is 21.3 Å². The average molecular weight is 929 g/mol. The number of carbonyl (C=O) groups excluding carboxylic acids is 4. The zero-order valence-electron chi connectivity index (χ0n) is 34.3. The summed E-state index contributed by atoms with van der Waals surface area (Å²) in [6.07, 6.45) is 18.8. The third-order valence-corrected chi connectivity index (χ3v) is 9.58. The Hall–Kier alpha value is -2.61. The van der Waals surface area contributed by atoms with Gasteiger partial charge in [0.2, 0.25) is 23.6 Å². The predicted octanol–water partition coefficient (Wildman–Crippen LogP) is 4.68. The van der Waals surface area contributed by atoms with Gasteiger partial charge >= 0.3 is 11.9 Å². The molecule has 0 bridgehead atoms. The van der Waals surface area contributed by atoms with E-state index in [-0.39, 0.29) is 95.5 Å². The molecule has 57 heavy (non-hydrogen) atoms. The van der Waals surface area contributed by atoms with Gasteiger partial charge in [0.05, 0.1) is 39.6 Å². The Labute approximate surface area is 353 Å². The predicted molar refractivity (Wildman–Crippen MR) is 225 cm³/mol. The van der Waals surface area contributed by atoms with E-state index in [1.165, 1.54) is 44.9 Å². The SMILES string of the molecule is O=C(O)CCCCCCCCCCCCCCCCC(=O)N[C@@H](CCC(=O)NCCOCCOCC(=O)NCCOCCOCC(=O)NCCCCCI)C(=O)O. The lowest BCUT2D eigenvalue weighted by Gasteiger charge is -2.14. The average Bonchev–Trinajstić information content (AvgIpc) is 3.17. The second kappa shape index (κ2) is 41.5. The molecule has 0 heterocycles. The van der Waals surface area contributed by atoms with Crippen molar-refractivity contribution in [2.24, 2.45) is 0 Å². The van der Waals surface area contributed by atoms with Gasteiger partial charge in [0.25, 0.3) is 0 Å². The molecule has 0 aliphatic carbocycles. The molecule has 0 fully saturated rings. The van der Waals surface area contributed by atoms with Gasteiger partial charge in [-0.3, -0.25) is 24.0 Å². The van der Waals surface area contributed by atoms with Gasteiger partial charge in [-0.2, -0.15) is 0 Å². The van der Waals surface area contributed by atoms with E-state index < -0.39 is 18.0 Å². The van der Waals surface area contributed by atoms with Crippen molar-refractivity contribution >= 4 is 58.2 Å². The Morgan fingerprint density at radius 3 is 1.33 bits per heavy atom. The van der Waals surface area contributed by atoms with Crippen molar-refractivity contribution in [3.05, 3.63) is 0 Å². The van der Waals surface area contributed by atoms with Crippen molar-refractivity contribution in [2.75, 3.05) is 76.9 Å². The fourth-order valence-electron chi connectivity index (χ4n) is 5.59. The van der Waals surface area contributed by atoms with Crippen LogP contribution in [0.5, 0.6) is 0 Å². The van der Waals surface area contributed by atoms with Crippen LogP contribution in [0.2, 0.25) is 0 Å². The molecule has 0 spiro atoms. The highest BCUT2D eigenvalue weighted by Crippen LogP contribution is 2.14. The molecule has 0 rings (SSSR count). The lowest BCUT2D eigenvalue weighted by atomic mass is 10.0. The third-order valence-electron chi connectivity index (χ3n) is 8.82. The first kappa shape index (κ1) is 54.4. The molecule has 4 amide bonds. The maximum Gasteiger partial charge on any atom is 0.326 e. The zero-order valence-corrected chi connectivity index (χ0v) is 36.4. The Bertz CT molecular complexity index is 1060. The quantitative estimate of drug-likeness (QED) is 0.0279. The first-order valence-electron chi connectivity index (χ1n) is 21.1. The van der Waals surface area contributed by atoms with Crippen LogP contribution >= 0.6 is 22.6 Å². The van der Waals surface area contributed by atoms with Crippen LogP contribution in [0.4, 0.5) is 0 Å². The highest BCUT2D eigenvalue weighted by atomic mass is 127. The van der Waals surface area contributed by atoms with E-state index in [0.717, 1.165) is 62.2 Å². The largest absolute Gasteiger partial charge is 0.481 e. The number of unbranched alkanes of at least 4 members (excludes halogenated alkanes) is 15. The summed E-state index contributed by atoms with van der Waals surface area (Å²) in [4.78, 5) is 70.2. The molecule has 16 nitrogen and oxygen atoms in total. The van der Waals surface area contributed by atoms with E-state index in [9.17, 15) is 33.9 Å². The maximum atomic E-state index is 12.3. The second-order valence-electron chi connectivity index (χ2n) is 14.0. The molecule has 332 valence electrons. The van der Waals surface area contributed by atoms with E-state index in [2.05, 4.69) is 43.9 Å². The number of carboxylic acid groups (broad SMARTS) is 2. The van der Waals surface area contributed by atoms with Gasteiger partial charge in [0.1, 0.15) is 19.3 Å². The minimum absolute atomic E-state index is 0.00702. The number of ether oxygens (including phenoxy) is 4. The van der Waals surface area contributed by atoms with E-state index >= 15 is 0 Å². The number of carbonyl (C=O) groups is 6. The molecule has 1 atom stereocenters. The first-order valence-corrected chi connectivity index (χ1v) is 22.6. The fraction of sp³-hybridized carbons (Fsp3) is 0.850. The highest BCUT2D eigenvalue weighted by Gasteiger charge is 2.20. The van der Waals surface area contributed by atoms with Crippen LogP contribution in [0.1, 0.15) is 135 Å². The molecule has 0 aromatic heterocycles. The van der Waals surface area contributed by atoms with E-state index in [1.807, 2.05) is 0 Å². The molecule has 6 N–H and O–H groups in total. The van der Waals surface area contributed by atoms with Gasteiger partial charge in [-0.15, -0.1) is 0 Å². The Balaban J connectivity index is 3.64. The molecule has 0 saturated heterocycles. The third kappa shape index (κ3) is 41.4. The van der Waals surface area contributed by atoms with Gasteiger partial charge < -0.3 is 50.4 Å². The number of amides is 4. The van der Waals surface area contributed by atoms with Crippen molar-refractivity contribution < 1.29 is 57.9 Å². The number of hydrogen-bond donors (Lipinski definition) is 6. The molecular weight excluding hydrogens is 855 g/mol. The number of hydrogen-bond acceptors (Lipinski definition) is 10.